The zero-order valence-electron chi connectivity index (χ0n) is 18.0. The number of benzene rings is 4. The van der Waals surface area contributed by atoms with E-state index < -0.39 is 7.37 Å². The third-order valence-corrected chi connectivity index (χ3v) is 7.65. The fourth-order valence-electron chi connectivity index (χ4n) is 3.80. The van der Waals surface area contributed by atoms with Crippen LogP contribution in [0.2, 0.25) is 0 Å². The Morgan fingerprint density at radius 1 is 0.677 bits per heavy atom. The molecule has 0 amide bonds. The molecule has 0 aromatic heterocycles. The Morgan fingerprint density at radius 2 is 1.16 bits per heavy atom. The third kappa shape index (κ3) is 4.42. The lowest BCUT2D eigenvalue weighted by molar-refractivity contribution is 0.504. The van der Waals surface area contributed by atoms with Crippen LogP contribution in [0.4, 0.5) is 11.4 Å². The monoisotopic (exact) mass is 427 g/mol. The van der Waals surface area contributed by atoms with E-state index in [1.807, 2.05) is 84.9 Å². The summed E-state index contributed by atoms with van der Waals surface area (Å²) in [4.78, 5) is 0. The minimum atomic E-state index is -3.35. The van der Waals surface area contributed by atoms with E-state index in [0.29, 0.717) is 16.4 Å². The molecule has 4 heteroatoms. The number of aryl methyl sites for hydroxylation is 3. The summed E-state index contributed by atoms with van der Waals surface area (Å²) in [6.45, 7) is 6.27. The number of rotatable bonds is 6. The van der Waals surface area contributed by atoms with Crippen LogP contribution in [-0.4, -0.2) is 0 Å². The molecule has 0 saturated heterocycles. The van der Waals surface area contributed by atoms with Gasteiger partial charge in [-0.05, 0) is 68.3 Å². The van der Waals surface area contributed by atoms with Crippen molar-refractivity contribution in [3.05, 3.63) is 114 Å². The Balaban J connectivity index is 1.78. The lowest BCUT2D eigenvalue weighted by Crippen LogP contribution is -2.20. The van der Waals surface area contributed by atoms with Gasteiger partial charge in [-0.25, -0.2) is 0 Å². The number of hydrogen-bond acceptors (Lipinski definition) is 3. The molecule has 0 bridgehead atoms. The molecule has 0 radical (unpaired) electrons. The van der Waals surface area contributed by atoms with Crippen LogP contribution in [0.15, 0.2) is 97.1 Å². The first-order valence-electron chi connectivity index (χ1n) is 10.3. The molecule has 0 unspecified atom stereocenters. The van der Waals surface area contributed by atoms with Crippen molar-refractivity contribution < 1.29 is 9.09 Å². The Bertz CT molecular complexity index is 1170. The van der Waals surface area contributed by atoms with Crippen LogP contribution in [-0.2, 0) is 4.57 Å². The molecule has 4 aromatic carbocycles. The smallest absolute Gasteiger partial charge is 0.306 e. The van der Waals surface area contributed by atoms with Gasteiger partial charge in [0.25, 0.3) is 0 Å². The summed E-state index contributed by atoms with van der Waals surface area (Å²) in [5.74, 6) is 0.554. The molecule has 31 heavy (non-hydrogen) atoms. The van der Waals surface area contributed by atoms with Gasteiger partial charge in [0.15, 0.2) is 5.75 Å². The first-order valence-corrected chi connectivity index (χ1v) is 11.9. The van der Waals surface area contributed by atoms with Crippen LogP contribution in [0.5, 0.6) is 5.75 Å². The highest BCUT2D eigenvalue weighted by Crippen LogP contribution is 2.47. The minimum Gasteiger partial charge on any atom is -0.435 e. The highest BCUT2D eigenvalue weighted by atomic mass is 31.2. The van der Waals surface area contributed by atoms with Gasteiger partial charge in [-0.2, -0.15) is 0 Å². The zero-order valence-corrected chi connectivity index (χ0v) is 18.9. The molecule has 0 aliphatic carbocycles. The standard InChI is InChI=1S/C27H26NO2P/c1-20-18-21(2)27(22(3)19-20)28-25-16-10-11-17-26(25)30-31(29,23-12-6-4-7-13-23)24-14-8-5-9-15-24/h4-19,28H,1-3H3. The molecule has 0 atom stereocenters. The predicted octanol–water partition coefficient (Wildman–Crippen LogP) is 6.66. The van der Waals surface area contributed by atoms with Gasteiger partial charge in [0.2, 0.25) is 0 Å². The van der Waals surface area contributed by atoms with Crippen molar-refractivity contribution in [1.82, 2.24) is 0 Å². The van der Waals surface area contributed by atoms with Gasteiger partial charge in [0, 0.05) is 5.69 Å². The summed E-state index contributed by atoms with van der Waals surface area (Å²) < 4.78 is 20.7. The molecule has 0 saturated carbocycles. The average Bonchev–Trinajstić information content (AvgIpc) is 2.78. The van der Waals surface area contributed by atoms with E-state index in [9.17, 15) is 4.57 Å². The lowest BCUT2D eigenvalue weighted by Gasteiger charge is -2.23. The van der Waals surface area contributed by atoms with Crippen LogP contribution < -0.4 is 20.4 Å². The summed E-state index contributed by atoms with van der Waals surface area (Å²) in [5.41, 5.74) is 5.35. The molecular formula is C27H26NO2P. The van der Waals surface area contributed by atoms with Crippen LogP contribution in [0.3, 0.4) is 0 Å². The van der Waals surface area contributed by atoms with E-state index in [4.69, 9.17) is 4.52 Å². The third-order valence-electron chi connectivity index (χ3n) is 5.24. The quantitative estimate of drug-likeness (QED) is 0.350. The molecule has 1 N–H and O–H groups in total. The van der Waals surface area contributed by atoms with Gasteiger partial charge < -0.3 is 9.84 Å². The summed E-state index contributed by atoms with van der Waals surface area (Å²) in [6.07, 6.45) is 0. The van der Waals surface area contributed by atoms with Crippen molar-refractivity contribution >= 4 is 29.4 Å². The van der Waals surface area contributed by atoms with Gasteiger partial charge in [-0.1, -0.05) is 66.2 Å². The number of hydrogen-bond donors (Lipinski definition) is 1. The van der Waals surface area contributed by atoms with E-state index in [2.05, 4.69) is 38.2 Å². The number of para-hydroxylation sites is 2. The molecule has 4 rings (SSSR count). The lowest BCUT2D eigenvalue weighted by atomic mass is 10.0. The predicted molar refractivity (Wildman–Crippen MR) is 131 cm³/mol. The fourth-order valence-corrected chi connectivity index (χ4v) is 5.88. The molecule has 0 fully saturated rings. The first kappa shape index (κ1) is 21.0. The van der Waals surface area contributed by atoms with Crippen molar-refractivity contribution in [2.45, 2.75) is 20.8 Å². The van der Waals surface area contributed by atoms with Gasteiger partial charge in [-0.15, -0.1) is 0 Å². The van der Waals surface area contributed by atoms with E-state index in [-0.39, 0.29) is 0 Å². The maximum atomic E-state index is 14.3. The molecule has 0 aliphatic rings. The zero-order chi connectivity index (χ0) is 21.8. The SMILES string of the molecule is Cc1cc(C)c(Nc2ccccc2OP(=O)(c2ccccc2)c2ccccc2)c(C)c1. The average molecular weight is 427 g/mol. The molecule has 0 heterocycles. The van der Waals surface area contributed by atoms with E-state index in [1.54, 1.807) is 0 Å². The highest BCUT2D eigenvalue weighted by molar-refractivity contribution is 7.74. The van der Waals surface area contributed by atoms with Crippen LogP contribution >= 0.6 is 7.37 Å². The van der Waals surface area contributed by atoms with Gasteiger partial charge in [0.1, 0.15) is 0 Å². The molecule has 3 nitrogen and oxygen atoms in total. The molecule has 156 valence electrons. The van der Waals surface area contributed by atoms with Crippen molar-refractivity contribution in [1.29, 1.82) is 0 Å². The van der Waals surface area contributed by atoms with E-state index >= 15 is 0 Å². The second-order valence-corrected chi connectivity index (χ2v) is 10.0. The second kappa shape index (κ2) is 8.83. The largest absolute Gasteiger partial charge is 0.435 e. The summed E-state index contributed by atoms with van der Waals surface area (Å²) in [7, 11) is -3.35. The molecule has 4 aromatic rings. The van der Waals surface area contributed by atoms with Crippen LogP contribution in [0.25, 0.3) is 0 Å². The fraction of sp³-hybridized carbons (Fsp3) is 0.111. The molecule has 0 spiro atoms. The van der Waals surface area contributed by atoms with Crippen LogP contribution in [0, 0.1) is 20.8 Å². The van der Waals surface area contributed by atoms with Crippen molar-refractivity contribution in [2.75, 3.05) is 5.32 Å². The molecule has 0 aliphatic heterocycles. The van der Waals surface area contributed by atoms with Gasteiger partial charge in [0.05, 0.1) is 16.3 Å². The van der Waals surface area contributed by atoms with Crippen molar-refractivity contribution in [3.63, 3.8) is 0 Å². The maximum Gasteiger partial charge on any atom is 0.306 e. The Morgan fingerprint density at radius 3 is 1.71 bits per heavy atom. The van der Waals surface area contributed by atoms with Crippen LogP contribution in [0.1, 0.15) is 16.7 Å². The Hall–Kier alpha value is -3.29. The highest BCUT2D eigenvalue weighted by Gasteiger charge is 2.30. The summed E-state index contributed by atoms with van der Waals surface area (Å²) in [6, 6.07) is 30.8. The van der Waals surface area contributed by atoms with Crippen molar-refractivity contribution in [2.24, 2.45) is 0 Å². The first-order chi connectivity index (χ1) is 15.0. The summed E-state index contributed by atoms with van der Waals surface area (Å²) in [5, 5.41) is 4.85. The van der Waals surface area contributed by atoms with Crippen molar-refractivity contribution in [3.8, 4) is 5.75 Å². The molecular weight excluding hydrogens is 401 g/mol. The second-order valence-electron chi connectivity index (χ2n) is 7.71. The van der Waals surface area contributed by atoms with Gasteiger partial charge in [-0.3, -0.25) is 4.57 Å². The minimum absolute atomic E-state index is 0.554. The Labute approximate surface area is 184 Å². The van der Waals surface area contributed by atoms with Gasteiger partial charge >= 0.3 is 7.37 Å². The summed E-state index contributed by atoms with van der Waals surface area (Å²) >= 11 is 0. The van der Waals surface area contributed by atoms with E-state index in [1.165, 1.54) is 5.56 Å². The topological polar surface area (TPSA) is 38.3 Å². The number of anilines is 2. The number of nitrogens with one attached hydrogen (secondary N) is 1. The van der Waals surface area contributed by atoms with E-state index in [0.717, 1.165) is 22.5 Å². The normalized spacial score (nSPS) is 11.2. The maximum absolute atomic E-state index is 14.3. The Kier molecular flexibility index (Phi) is 5.97.